The van der Waals surface area contributed by atoms with Crippen LogP contribution in [0, 0.1) is 20.8 Å². The van der Waals surface area contributed by atoms with E-state index in [1.807, 2.05) is 20.8 Å². The molecule has 1 N–H and O–H groups in total. The minimum absolute atomic E-state index is 0.259. The smallest absolute Gasteiger partial charge is 0.339 e. The van der Waals surface area contributed by atoms with E-state index in [1.165, 1.54) is 0 Å². The van der Waals surface area contributed by atoms with Gasteiger partial charge in [0.05, 0.1) is 11.1 Å². The van der Waals surface area contributed by atoms with E-state index in [0.717, 1.165) is 17.0 Å². The SMILES string of the molecule is Cc1ccc(C(=O)Nc2cc(C)nc(C)c2)c(C(=O)OC(C)(C)C)c1. The maximum atomic E-state index is 12.7. The highest BCUT2D eigenvalue weighted by molar-refractivity contribution is 6.11. The quantitative estimate of drug-likeness (QED) is 0.850. The Balaban J connectivity index is 2.34. The number of carbonyl (C=O) groups is 2. The number of hydrogen-bond donors (Lipinski definition) is 1. The maximum absolute atomic E-state index is 12.7. The molecule has 2 aromatic rings. The molecule has 0 bridgehead atoms. The standard InChI is InChI=1S/C20H24N2O3/c1-12-7-8-16(17(9-12)19(24)25-20(4,5)6)18(23)22-15-10-13(2)21-14(3)11-15/h7-11H,1-6H3,(H,21,22,23). The van der Waals surface area contributed by atoms with E-state index in [9.17, 15) is 9.59 Å². The summed E-state index contributed by atoms with van der Waals surface area (Å²) in [5.41, 5.74) is 3.06. The Kier molecular flexibility index (Phi) is 5.26. The maximum Gasteiger partial charge on any atom is 0.339 e. The number of hydrogen-bond acceptors (Lipinski definition) is 4. The molecule has 0 saturated heterocycles. The lowest BCUT2D eigenvalue weighted by Gasteiger charge is -2.20. The number of amides is 1. The largest absolute Gasteiger partial charge is 0.456 e. The fourth-order valence-electron chi connectivity index (χ4n) is 2.46. The van der Waals surface area contributed by atoms with Crippen molar-refractivity contribution in [3.8, 4) is 0 Å². The molecule has 0 saturated carbocycles. The second-order valence-corrected chi connectivity index (χ2v) is 7.14. The van der Waals surface area contributed by atoms with Crippen LogP contribution in [0.4, 0.5) is 5.69 Å². The Bertz CT molecular complexity index is 800. The van der Waals surface area contributed by atoms with Crippen molar-refractivity contribution in [2.45, 2.75) is 47.1 Å². The average Bonchev–Trinajstić information content (AvgIpc) is 2.43. The zero-order valence-electron chi connectivity index (χ0n) is 15.6. The number of benzene rings is 1. The topological polar surface area (TPSA) is 68.3 Å². The first-order chi connectivity index (χ1) is 11.5. The predicted molar refractivity (Wildman–Crippen MR) is 98.0 cm³/mol. The minimum Gasteiger partial charge on any atom is -0.456 e. The van der Waals surface area contributed by atoms with Gasteiger partial charge in [-0.3, -0.25) is 9.78 Å². The van der Waals surface area contributed by atoms with Crippen LogP contribution in [0.25, 0.3) is 0 Å². The summed E-state index contributed by atoms with van der Waals surface area (Å²) in [4.78, 5) is 29.5. The van der Waals surface area contributed by atoms with Crippen molar-refractivity contribution in [2.24, 2.45) is 0 Å². The van der Waals surface area contributed by atoms with Crippen LogP contribution in [0.2, 0.25) is 0 Å². The van der Waals surface area contributed by atoms with Crippen LogP contribution >= 0.6 is 0 Å². The van der Waals surface area contributed by atoms with Gasteiger partial charge in [-0.1, -0.05) is 11.6 Å². The Labute approximate surface area is 148 Å². The third kappa shape index (κ3) is 5.14. The lowest BCUT2D eigenvalue weighted by Crippen LogP contribution is -2.26. The predicted octanol–water partition coefficient (Wildman–Crippen LogP) is 4.21. The molecule has 5 heteroatoms. The molecule has 0 aliphatic carbocycles. The van der Waals surface area contributed by atoms with Gasteiger partial charge in [0.2, 0.25) is 0 Å². The number of aromatic nitrogens is 1. The van der Waals surface area contributed by atoms with Gasteiger partial charge in [-0.15, -0.1) is 0 Å². The molecule has 0 aliphatic heterocycles. The van der Waals surface area contributed by atoms with Gasteiger partial charge in [0, 0.05) is 17.1 Å². The molecule has 1 heterocycles. The Morgan fingerprint density at radius 1 is 0.960 bits per heavy atom. The first-order valence-electron chi connectivity index (χ1n) is 8.16. The normalized spacial score (nSPS) is 11.1. The molecule has 0 aliphatic rings. The summed E-state index contributed by atoms with van der Waals surface area (Å²) in [5.74, 6) is -0.866. The molecule has 0 unspecified atom stereocenters. The number of pyridine rings is 1. The molecule has 1 aromatic heterocycles. The number of ether oxygens (including phenoxy) is 1. The van der Waals surface area contributed by atoms with Crippen LogP contribution in [0.5, 0.6) is 0 Å². The summed E-state index contributed by atoms with van der Waals surface area (Å²) in [6.45, 7) is 11.0. The highest BCUT2D eigenvalue weighted by atomic mass is 16.6. The van der Waals surface area contributed by atoms with Crippen molar-refractivity contribution in [2.75, 3.05) is 5.32 Å². The highest BCUT2D eigenvalue weighted by Gasteiger charge is 2.23. The Morgan fingerprint density at radius 2 is 1.56 bits per heavy atom. The van der Waals surface area contributed by atoms with Crippen molar-refractivity contribution >= 4 is 17.6 Å². The molecule has 1 aromatic carbocycles. The van der Waals surface area contributed by atoms with Crippen molar-refractivity contribution in [3.05, 3.63) is 58.4 Å². The van der Waals surface area contributed by atoms with E-state index in [0.29, 0.717) is 5.69 Å². The molecule has 132 valence electrons. The summed E-state index contributed by atoms with van der Waals surface area (Å²) in [6, 6.07) is 8.68. The first kappa shape index (κ1) is 18.6. The summed E-state index contributed by atoms with van der Waals surface area (Å²) < 4.78 is 5.43. The molecule has 5 nitrogen and oxygen atoms in total. The van der Waals surface area contributed by atoms with Crippen LogP contribution in [0.1, 0.15) is 58.4 Å². The van der Waals surface area contributed by atoms with Crippen LogP contribution in [-0.4, -0.2) is 22.5 Å². The minimum atomic E-state index is -0.631. The fraction of sp³-hybridized carbons (Fsp3) is 0.350. The molecule has 25 heavy (non-hydrogen) atoms. The molecular weight excluding hydrogens is 316 g/mol. The van der Waals surface area contributed by atoms with Gasteiger partial charge < -0.3 is 10.1 Å². The van der Waals surface area contributed by atoms with Gasteiger partial charge in [0.1, 0.15) is 5.60 Å². The zero-order valence-corrected chi connectivity index (χ0v) is 15.6. The molecule has 0 atom stereocenters. The molecule has 1 amide bonds. The van der Waals surface area contributed by atoms with Crippen LogP contribution in [-0.2, 0) is 4.74 Å². The number of aryl methyl sites for hydroxylation is 3. The van der Waals surface area contributed by atoms with Gasteiger partial charge in [-0.25, -0.2) is 4.79 Å². The van der Waals surface area contributed by atoms with E-state index in [4.69, 9.17) is 4.74 Å². The number of nitrogens with zero attached hydrogens (tertiary/aromatic N) is 1. The molecule has 2 rings (SSSR count). The fourth-order valence-corrected chi connectivity index (χ4v) is 2.46. The number of esters is 1. The van der Waals surface area contributed by atoms with Crippen LogP contribution in [0.3, 0.4) is 0 Å². The van der Waals surface area contributed by atoms with Gasteiger partial charge in [0.15, 0.2) is 0 Å². The number of nitrogens with one attached hydrogen (secondary N) is 1. The van der Waals surface area contributed by atoms with Crippen LogP contribution < -0.4 is 5.32 Å². The number of carbonyl (C=O) groups excluding carboxylic acids is 2. The van der Waals surface area contributed by atoms with Crippen molar-refractivity contribution in [1.82, 2.24) is 4.98 Å². The monoisotopic (exact) mass is 340 g/mol. The Morgan fingerprint density at radius 3 is 2.12 bits per heavy atom. The van der Waals surface area contributed by atoms with Gasteiger partial charge in [0.25, 0.3) is 5.91 Å². The lowest BCUT2D eigenvalue weighted by molar-refractivity contribution is 0.00677. The van der Waals surface area contributed by atoms with Crippen molar-refractivity contribution in [1.29, 1.82) is 0 Å². The van der Waals surface area contributed by atoms with Gasteiger partial charge in [-0.05, 0) is 65.8 Å². The average molecular weight is 340 g/mol. The van der Waals surface area contributed by atoms with E-state index < -0.39 is 11.6 Å². The van der Waals surface area contributed by atoms with Crippen molar-refractivity contribution in [3.63, 3.8) is 0 Å². The second-order valence-electron chi connectivity index (χ2n) is 7.14. The van der Waals surface area contributed by atoms with E-state index >= 15 is 0 Å². The van der Waals surface area contributed by atoms with E-state index in [1.54, 1.807) is 51.1 Å². The molecule has 0 radical (unpaired) electrons. The third-order valence-corrected chi connectivity index (χ3v) is 3.38. The third-order valence-electron chi connectivity index (χ3n) is 3.38. The molecule has 0 fully saturated rings. The summed E-state index contributed by atoms with van der Waals surface area (Å²) in [5, 5.41) is 2.83. The van der Waals surface area contributed by atoms with Gasteiger partial charge in [-0.2, -0.15) is 0 Å². The van der Waals surface area contributed by atoms with Crippen LogP contribution in [0.15, 0.2) is 30.3 Å². The second kappa shape index (κ2) is 7.05. The van der Waals surface area contributed by atoms with Crippen molar-refractivity contribution < 1.29 is 14.3 Å². The Hall–Kier alpha value is -2.69. The summed E-state index contributed by atoms with van der Waals surface area (Å²) >= 11 is 0. The molecular formula is C20H24N2O3. The summed E-state index contributed by atoms with van der Waals surface area (Å²) in [7, 11) is 0. The zero-order chi connectivity index (χ0) is 18.8. The number of rotatable bonds is 3. The lowest BCUT2D eigenvalue weighted by atomic mass is 10.0. The number of anilines is 1. The van der Waals surface area contributed by atoms with E-state index in [2.05, 4.69) is 10.3 Å². The van der Waals surface area contributed by atoms with Gasteiger partial charge >= 0.3 is 5.97 Å². The summed E-state index contributed by atoms with van der Waals surface area (Å²) in [6.07, 6.45) is 0. The first-order valence-corrected chi connectivity index (χ1v) is 8.16. The highest BCUT2D eigenvalue weighted by Crippen LogP contribution is 2.19. The van der Waals surface area contributed by atoms with E-state index in [-0.39, 0.29) is 17.0 Å². The molecule has 0 spiro atoms.